The third-order valence-electron chi connectivity index (χ3n) is 3.96. The predicted molar refractivity (Wildman–Crippen MR) is 100 cm³/mol. The first kappa shape index (κ1) is 17.9. The van der Waals surface area contributed by atoms with E-state index in [1.165, 1.54) is 29.0 Å². The fourth-order valence-corrected chi connectivity index (χ4v) is 2.75. The maximum Gasteiger partial charge on any atom is 0.263 e. The maximum absolute atomic E-state index is 14.0. The quantitative estimate of drug-likeness (QED) is 0.746. The first-order valence-electron chi connectivity index (χ1n) is 7.96. The monoisotopic (exact) mass is 370 g/mol. The van der Waals surface area contributed by atoms with Crippen molar-refractivity contribution in [2.24, 2.45) is 0 Å². The van der Waals surface area contributed by atoms with Gasteiger partial charge in [-0.05, 0) is 43.3 Å². The molecule has 26 heavy (non-hydrogen) atoms. The first-order chi connectivity index (χ1) is 12.5. The minimum atomic E-state index is -0.521. The van der Waals surface area contributed by atoms with Crippen molar-refractivity contribution in [3.05, 3.63) is 98.7 Å². The number of halogens is 2. The Labute approximate surface area is 154 Å². The smallest absolute Gasteiger partial charge is 0.263 e. The summed E-state index contributed by atoms with van der Waals surface area (Å²) < 4.78 is 15.2. The molecule has 1 heterocycles. The largest absolute Gasteiger partial charge is 0.322 e. The summed E-state index contributed by atoms with van der Waals surface area (Å²) in [6.07, 6.45) is 1.49. The van der Waals surface area contributed by atoms with Crippen LogP contribution in [-0.4, -0.2) is 10.5 Å². The highest BCUT2D eigenvalue weighted by atomic mass is 35.5. The summed E-state index contributed by atoms with van der Waals surface area (Å²) >= 11 is 6.02. The molecular weight excluding hydrogens is 355 g/mol. The number of aromatic nitrogens is 1. The molecule has 0 aliphatic rings. The number of hydrogen-bond acceptors (Lipinski definition) is 2. The Morgan fingerprint density at radius 2 is 1.85 bits per heavy atom. The summed E-state index contributed by atoms with van der Waals surface area (Å²) in [4.78, 5) is 25.1. The zero-order chi connectivity index (χ0) is 18.7. The number of carbonyl (C=O) groups is 1. The predicted octanol–water partition coefficient (Wildman–Crippen LogP) is 4.25. The number of amides is 1. The molecule has 0 spiro atoms. The lowest BCUT2D eigenvalue weighted by Crippen LogP contribution is -2.29. The van der Waals surface area contributed by atoms with Crippen molar-refractivity contribution in [2.45, 2.75) is 13.5 Å². The van der Waals surface area contributed by atoms with Crippen LogP contribution in [0, 0.1) is 12.7 Å². The molecule has 0 saturated carbocycles. The Morgan fingerprint density at radius 1 is 1.12 bits per heavy atom. The van der Waals surface area contributed by atoms with Gasteiger partial charge >= 0.3 is 0 Å². The molecular formula is C20H16ClFN2O2. The zero-order valence-electron chi connectivity index (χ0n) is 14.0. The molecule has 4 nitrogen and oxygen atoms in total. The average Bonchev–Trinajstić information content (AvgIpc) is 2.61. The summed E-state index contributed by atoms with van der Waals surface area (Å²) in [5.41, 5.74) is 1.31. The van der Waals surface area contributed by atoms with Gasteiger partial charge in [-0.2, -0.15) is 0 Å². The van der Waals surface area contributed by atoms with E-state index in [0.717, 1.165) is 5.56 Å². The molecule has 0 radical (unpaired) electrons. The van der Waals surface area contributed by atoms with Crippen LogP contribution in [0.25, 0.3) is 0 Å². The van der Waals surface area contributed by atoms with E-state index in [4.69, 9.17) is 11.6 Å². The normalized spacial score (nSPS) is 10.6. The van der Waals surface area contributed by atoms with Gasteiger partial charge in [0.15, 0.2) is 0 Å². The van der Waals surface area contributed by atoms with Crippen molar-refractivity contribution in [2.75, 3.05) is 5.32 Å². The Hall–Kier alpha value is -2.92. The molecule has 0 saturated heterocycles. The van der Waals surface area contributed by atoms with E-state index in [0.29, 0.717) is 5.69 Å². The molecule has 0 bridgehead atoms. The molecule has 0 aliphatic carbocycles. The Balaban J connectivity index is 1.88. The molecule has 1 N–H and O–H groups in total. The lowest BCUT2D eigenvalue weighted by atomic mass is 10.2. The second-order valence-corrected chi connectivity index (χ2v) is 6.28. The number of pyridine rings is 1. The highest BCUT2D eigenvalue weighted by molar-refractivity contribution is 6.31. The summed E-state index contributed by atoms with van der Waals surface area (Å²) in [5, 5.41) is 2.92. The first-order valence-corrected chi connectivity index (χ1v) is 8.34. The van der Waals surface area contributed by atoms with Gasteiger partial charge in [0.1, 0.15) is 11.4 Å². The molecule has 3 aromatic rings. The van der Waals surface area contributed by atoms with Crippen LogP contribution in [0.4, 0.5) is 10.1 Å². The Morgan fingerprint density at radius 3 is 2.54 bits per heavy atom. The maximum atomic E-state index is 14.0. The van der Waals surface area contributed by atoms with E-state index < -0.39 is 17.3 Å². The van der Waals surface area contributed by atoms with E-state index >= 15 is 0 Å². The van der Waals surface area contributed by atoms with E-state index in [-0.39, 0.29) is 22.7 Å². The minimum absolute atomic E-state index is 0.0273. The van der Waals surface area contributed by atoms with Gasteiger partial charge < -0.3 is 9.88 Å². The van der Waals surface area contributed by atoms with Crippen LogP contribution in [0.1, 0.15) is 21.5 Å². The zero-order valence-corrected chi connectivity index (χ0v) is 14.8. The van der Waals surface area contributed by atoms with Gasteiger partial charge in [0.05, 0.1) is 6.54 Å². The van der Waals surface area contributed by atoms with Gasteiger partial charge in [-0.3, -0.25) is 9.59 Å². The van der Waals surface area contributed by atoms with Crippen LogP contribution in [-0.2, 0) is 6.54 Å². The topological polar surface area (TPSA) is 51.1 Å². The fraction of sp³-hybridized carbons (Fsp3) is 0.100. The third-order valence-corrected chi connectivity index (χ3v) is 4.32. The molecule has 6 heteroatoms. The molecule has 132 valence electrons. The number of aryl methyl sites for hydroxylation is 1. The number of nitrogens with one attached hydrogen (secondary N) is 1. The number of benzene rings is 2. The van der Waals surface area contributed by atoms with Gasteiger partial charge in [-0.15, -0.1) is 0 Å². The van der Waals surface area contributed by atoms with E-state index in [1.54, 1.807) is 24.3 Å². The van der Waals surface area contributed by atoms with E-state index in [2.05, 4.69) is 5.32 Å². The average molecular weight is 371 g/mol. The molecule has 0 atom stereocenters. The number of hydrogen-bond donors (Lipinski definition) is 1. The number of nitrogens with zero attached hydrogens (tertiary/aromatic N) is 1. The Bertz CT molecular complexity index is 993. The van der Waals surface area contributed by atoms with Crippen LogP contribution >= 0.6 is 11.6 Å². The van der Waals surface area contributed by atoms with Gasteiger partial charge in [0.25, 0.3) is 11.5 Å². The molecule has 0 fully saturated rings. The molecule has 3 rings (SSSR count). The summed E-state index contributed by atoms with van der Waals surface area (Å²) in [6.45, 7) is 1.88. The van der Waals surface area contributed by atoms with Crippen molar-refractivity contribution in [3.8, 4) is 0 Å². The van der Waals surface area contributed by atoms with Crippen LogP contribution in [0.5, 0.6) is 0 Å². The number of anilines is 1. The van der Waals surface area contributed by atoms with Gasteiger partial charge in [0, 0.05) is 22.5 Å². The highest BCUT2D eigenvalue weighted by Crippen LogP contribution is 2.19. The standard InChI is InChI=1S/C20H16ClFN2O2/c1-13-7-9-14(10-8-13)23-19(25)15-4-3-11-24(20(15)26)12-16-17(21)5-2-6-18(16)22/h2-11H,12H2,1H3,(H,23,25). The van der Waals surface area contributed by atoms with Crippen molar-refractivity contribution in [1.29, 1.82) is 0 Å². The van der Waals surface area contributed by atoms with E-state index in [1.807, 2.05) is 19.1 Å². The summed E-state index contributed by atoms with van der Waals surface area (Å²) in [7, 11) is 0. The molecule has 0 unspecified atom stereocenters. The summed E-state index contributed by atoms with van der Waals surface area (Å²) in [5.74, 6) is -1.02. The van der Waals surface area contributed by atoms with Crippen LogP contribution in [0.15, 0.2) is 65.6 Å². The van der Waals surface area contributed by atoms with Gasteiger partial charge in [-0.1, -0.05) is 35.4 Å². The van der Waals surface area contributed by atoms with Crippen LogP contribution in [0.2, 0.25) is 5.02 Å². The molecule has 2 aromatic carbocycles. The molecule has 1 aromatic heterocycles. The second-order valence-electron chi connectivity index (χ2n) is 5.88. The molecule has 0 aliphatic heterocycles. The number of rotatable bonds is 4. The summed E-state index contributed by atoms with van der Waals surface area (Å²) in [6, 6.07) is 14.6. The fourth-order valence-electron chi connectivity index (χ4n) is 2.52. The second kappa shape index (κ2) is 7.54. The SMILES string of the molecule is Cc1ccc(NC(=O)c2cccn(Cc3c(F)cccc3Cl)c2=O)cc1. The van der Waals surface area contributed by atoms with Crippen LogP contribution in [0.3, 0.4) is 0 Å². The lowest BCUT2D eigenvalue weighted by molar-refractivity contribution is 0.102. The third kappa shape index (κ3) is 3.83. The van der Waals surface area contributed by atoms with Crippen molar-refractivity contribution in [3.63, 3.8) is 0 Å². The lowest BCUT2D eigenvalue weighted by Gasteiger charge is -2.11. The Kier molecular flexibility index (Phi) is 5.19. The highest BCUT2D eigenvalue weighted by Gasteiger charge is 2.14. The minimum Gasteiger partial charge on any atom is -0.322 e. The van der Waals surface area contributed by atoms with Crippen molar-refractivity contribution >= 4 is 23.2 Å². The van der Waals surface area contributed by atoms with E-state index in [9.17, 15) is 14.0 Å². The van der Waals surface area contributed by atoms with Crippen molar-refractivity contribution in [1.82, 2.24) is 4.57 Å². The van der Waals surface area contributed by atoms with Crippen molar-refractivity contribution < 1.29 is 9.18 Å². The van der Waals surface area contributed by atoms with Gasteiger partial charge in [-0.25, -0.2) is 4.39 Å². The number of carbonyl (C=O) groups excluding carboxylic acids is 1. The van der Waals surface area contributed by atoms with Gasteiger partial charge in [0.2, 0.25) is 0 Å². The molecule has 1 amide bonds. The van der Waals surface area contributed by atoms with Crippen LogP contribution < -0.4 is 10.9 Å².